The van der Waals surface area contributed by atoms with Gasteiger partial charge in [0.25, 0.3) is 5.91 Å². The standard InChI is InChI=1S/C19H22N4O/c24-18(15-4-8-20-9-5-15)22-17-11-19(12-17)6-10-23(14-19)13-16-3-1-2-7-21-16/h1-5,7-9,17H,6,10-14H2,(H,22,24). The number of rotatable bonds is 4. The number of nitrogens with one attached hydrogen (secondary N) is 1. The maximum absolute atomic E-state index is 12.2. The van der Waals surface area contributed by atoms with Gasteiger partial charge in [0.05, 0.1) is 5.69 Å². The third kappa shape index (κ3) is 3.17. The topological polar surface area (TPSA) is 58.1 Å². The highest BCUT2D eigenvalue weighted by molar-refractivity contribution is 5.94. The number of amides is 1. The fourth-order valence-electron chi connectivity index (χ4n) is 4.08. The Bertz CT molecular complexity index is 698. The highest BCUT2D eigenvalue weighted by atomic mass is 16.1. The van der Waals surface area contributed by atoms with Gasteiger partial charge in [-0.1, -0.05) is 6.07 Å². The van der Waals surface area contributed by atoms with Crippen molar-refractivity contribution < 1.29 is 4.79 Å². The fourth-order valence-corrected chi connectivity index (χ4v) is 4.08. The van der Waals surface area contributed by atoms with Gasteiger partial charge < -0.3 is 5.32 Å². The lowest BCUT2D eigenvalue weighted by molar-refractivity contribution is 0.0693. The molecule has 1 spiro atoms. The normalized spacial score (nSPS) is 26.2. The molecule has 0 unspecified atom stereocenters. The predicted molar refractivity (Wildman–Crippen MR) is 91.3 cm³/mol. The smallest absolute Gasteiger partial charge is 0.251 e. The summed E-state index contributed by atoms with van der Waals surface area (Å²) in [4.78, 5) is 23.1. The Morgan fingerprint density at radius 2 is 2.04 bits per heavy atom. The lowest BCUT2D eigenvalue weighted by Crippen LogP contribution is -2.51. The summed E-state index contributed by atoms with van der Waals surface area (Å²) in [6.07, 6.45) is 8.56. The van der Waals surface area contributed by atoms with Crippen LogP contribution in [0.4, 0.5) is 0 Å². The van der Waals surface area contributed by atoms with Crippen molar-refractivity contribution in [1.82, 2.24) is 20.2 Å². The molecule has 1 aliphatic carbocycles. The average Bonchev–Trinajstić information content (AvgIpc) is 3.00. The third-order valence-corrected chi connectivity index (χ3v) is 5.27. The number of hydrogen-bond acceptors (Lipinski definition) is 4. The molecule has 5 heteroatoms. The van der Waals surface area contributed by atoms with Crippen molar-refractivity contribution in [3.8, 4) is 0 Å². The predicted octanol–water partition coefficient (Wildman–Crippen LogP) is 2.26. The van der Waals surface area contributed by atoms with E-state index in [1.54, 1.807) is 24.5 Å². The van der Waals surface area contributed by atoms with E-state index in [9.17, 15) is 4.79 Å². The second-order valence-electron chi connectivity index (χ2n) is 7.10. The minimum Gasteiger partial charge on any atom is -0.349 e. The van der Waals surface area contributed by atoms with Gasteiger partial charge in [0, 0.05) is 43.3 Å². The maximum Gasteiger partial charge on any atom is 0.251 e. The molecule has 1 saturated carbocycles. The summed E-state index contributed by atoms with van der Waals surface area (Å²) in [6, 6.07) is 9.91. The largest absolute Gasteiger partial charge is 0.349 e. The van der Waals surface area contributed by atoms with Crippen LogP contribution in [-0.4, -0.2) is 39.9 Å². The van der Waals surface area contributed by atoms with E-state index in [0.717, 1.165) is 38.2 Å². The van der Waals surface area contributed by atoms with Crippen molar-refractivity contribution in [2.45, 2.75) is 31.8 Å². The van der Waals surface area contributed by atoms with Crippen LogP contribution in [0.1, 0.15) is 35.3 Å². The lowest BCUT2D eigenvalue weighted by Gasteiger charge is -2.45. The minimum atomic E-state index is 0.0144. The molecule has 3 heterocycles. The molecule has 1 amide bonds. The molecule has 0 radical (unpaired) electrons. The van der Waals surface area contributed by atoms with Crippen molar-refractivity contribution in [3.63, 3.8) is 0 Å². The van der Waals surface area contributed by atoms with Crippen LogP contribution in [0.2, 0.25) is 0 Å². The van der Waals surface area contributed by atoms with E-state index in [4.69, 9.17) is 0 Å². The number of hydrogen-bond donors (Lipinski definition) is 1. The van der Waals surface area contributed by atoms with Crippen LogP contribution in [-0.2, 0) is 6.54 Å². The summed E-state index contributed by atoms with van der Waals surface area (Å²) < 4.78 is 0. The zero-order valence-corrected chi connectivity index (χ0v) is 13.7. The van der Waals surface area contributed by atoms with Gasteiger partial charge in [0.1, 0.15) is 0 Å². The van der Waals surface area contributed by atoms with Crippen LogP contribution in [0.25, 0.3) is 0 Å². The number of carbonyl (C=O) groups excluding carboxylic acids is 1. The van der Waals surface area contributed by atoms with Crippen LogP contribution < -0.4 is 5.32 Å². The lowest BCUT2D eigenvalue weighted by atomic mass is 9.65. The van der Waals surface area contributed by atoms with Crippen molar-refractivity contribution in [2.24, 2.45) is 5.41 Å². The Labute approximate surface area is 142 Å². The van der Waals surface area contributed by atoms with Gasteiger partial charge in [-0.05, 0) is 55.5 Å². The van der Waals surface area contributed by atoms with Gasteiger partial charge >= 0.3 is 0 Å². The molecule has 0 bridgehead atoms. The van der Waals surface area contributed by atoms with Crippen LogP contribution in [0.5, 0.6) is 0 Å². The van der Waals surface area contributed by atoms with Crippen molar-refractivity contribution in [3.05, 3.63) is 60.2 Å². The first-order valence-corrected chi connectivity index (χ1v) is 8.56. The van der Waals surface area contributed by atoms with Gasteiger partial charge in [0.15, 0.2) is 0 Å². The second kappa shape index (κ2) is 6.32. The van der Waals surface area contributed by atoms with Gasteiger partial charge in [-0.15, -0.1) is 0 Å². The summed E-state index contributed by atoms with van der Waals surface area (Å²) >= 11 is 0. The minimum absolute atomic E-state index is 0.0144. The van der Waals surface area contributed by atoms with E-state index in [0.29, 0.717) is 17.0 Å². The Hall–Kier alpha value is -2.27. The molecule has 2 aromatic heterocycles. The molecule has 124 valence electrons. The number of pyridine rings is 2. The average molecular weight is 322 g/mol. The molecule has 2 fully saturated rings. The Kier molecular flexibility index (Phi) is 4.02. The van der Waals surface area contributed by atoms with Crippen LogP contribution in [0, 0.1) is 5.41 Å². The molecule has 1 saturated heterocycles. The first kappa shape index (κ1) is 15.3. The van der Waals surface area contributed by atoms with Gasteiger partial charge in [0.2, 0.25) is 0 Å². The Morgan fingerprint density at radius 1 is 1.21 bits per heavy atom. The summed E-state index contributed by atoms with van der Waals surface area (Å²) in [5.74, 6) is 0.0144. The van der Waals surface area contributed by atoms with Crippen molar-refractivity contribution in [2.75, 3.05) is 13.1 Å². The number of aromatic nitrogens is 2. The Balaban J connectivity index is 1.27. The molecule has 2 aromatic rings. The van der Waals surface area contributed by atoms with Crippen LogP contribution in [0.3, 0.4) is 0 Å². The van der Waals surface area contributed by atoms with E-state index in [2.05, 4.69) is 26.3 Å². The third-order valence-electron chi connectivity index (χ3n) is 5.27. The maximum atomic E-state index is 12.2. The van der Waals surface area contributed by atoms with E-state index < -0.39 is 0 Å². The Morgan fingerprint density at radius 3 is 2.79 bits per heavy atom. The summed E-state index contributed by atoms with van der Waals surface area (Å²) in [6.45, 7) is 3.17. The number of nitrogens with zero attached hydrogens (tertiary/aromatic N) is 3. The van der Waals surface area contributed by atoms with E-state index >= 15 is 0 Å². The zero-order chi connectivity index (χ0) is 16.4. The molecule has 4 rings (SSSR count). The molecule has 1 aliphatic heterocycles. The summed E-state index contributed by atoms with van der Waals surface area (Å²) in [5.41, 5.74) is 2.22. The van der Waals surface area contributed by atoms with E-state index in [1.165, 1.54) is 6.42 Å². The highest BCUT2D eigenvalue weighted by Crippen LogP contribution is 2.48. The number of likely N-dealkylation sites (tertiary alicyclic amines) is 1. The number of carbonyl (C=O) groups is 1. The monoisotopic (exact) mass is 322 g/mol. The first-order chi connectivity index (χ1) is 11.7. The van der Waals surface area contributed by atoms with Crippen LogP contribution >= 0.6 is 0 Å². The molecule has 0 atom stereocenters. The highest BCUT2D eigenvalue weighted by Gasteiger charge is 2.48. The molecule has 1 N–H and O–H groups in total. The molecule has 5 nitrogen and oxygen atoms in total. The van der Waals surface area contributed by atoms with Gasteiger partial charge in [-0.3, -0.25) is 19.7 Å². The van der Waals surface area contributed by atoms with E-state index in [1.807, 2.05) is 18.3 Å². The SMILES string of the molecule is O=C(NC1CC2(CCN(Cc3ccccn3)C2)C1)c1ccncc1. The zero-order valence-electron chi connectivity index (χ0n) is 13.7. The second-order valence-corrected chi connectivity index (χ2v) is 7.10. The fraction of sp³-hybridized carbons (Fsp3) is 0.421. The summed E-state index contributed by atoms with van der Waals surface area (Å²) in [7, 11) is 0. The van der Waals surface area contributed by atoms with Gasteiger partial charge in [-0.2, -0.15) is 0 Å². The quantitative estimate of drug-likeness (QED) is 0.938. The molecule has 0 aromatic carbocycles. The molecular formula is C19H22N4O. The van der Waals surface area contributed by atoms with E-state index in [-0.39, 0.29) is 5.91 Å². The summed E-state index contributed by atoms with van der Waals surface area (Å²) in [5, 5.41) is 3.15. The molecular weight excluding hydrogens is 300 g/mol. The van der Waals surface area contributed by atoms with Crippen molar-refractivity contribution in [1.29, 1.82) is 0 Å². The molecule has 2 aliphatic rings. The van der Waals surface area contributed by atoms with Gasteiger partial charge in [-0.25, -0.2) is 0 Å². The van der Waals surface area contributed by atoms with Crippen molar-refractivity contribution >= 4 is 5.91 Å². The molecule has 24 heavy (non-hydrogen) atoms. The first-order valence-electron chi connectivity index (χ1n) is 8.56. The van der Waals surface area contributed by atoms with Crippen LogP contribution in [0.15, 0.2) is 48.9 Å².